The number of hydrogen-bond donors (Lipinski definition) is 1. The molecule has 1 saturated carbocycles. The van der Waals surface area contributed by atoms with Gasteiger partial charge in [0.1, 0.15) is 5.82 Å². The van der Waals surface area contributed by atoms with Crippen molar-refractivity contribution in [2.75, 3.05) is 31.1 Å². The van der Waals surface area contributed by atoms with Gasteiger partial charge in [0, 0.05) is 38.4 Å². The van der Waals surface area contributed by atoms with Gasteiger partial charge in [-0.15, -0.1) is 0 Å². The minimum Gasteiger partial charge on any atom is -0.478 e. The van der Waals surface area contributed by atoms with Crippen molar-refractivity contribution in [3.8, 4) is 0 Å². The second kappa shape index (κ2) is 6.20. The van der Waals surface area contributed by atoms with Crippen LogP contribution in [0.25, 0.3) is 0 Å². The third kappa shape index (κ3) is 2.99. The Bertz CT molecular complexity index is 524. The summed E-state index contributed by atoms with van der Waals surface area (Å²) in [7, 11) is 0. The van der Waals surface area contributed by atoms with E-state index in [4.69, 9.17) is 16.7 Å². The van der Waals surface area contributed by atoms with E-state index >= 15 is 0 Å². The Hall–Kier alpha value is -1.33. The third-order valence-corrected chi connectivity index (χ3v) is 4.93. The minimum absolute atomic E-state index is 0.125. The van der Waals surface area contributed by atoms with Gasteiger partial charge in [-0.3, -0.25) is 4.90 Å². The van der Waals surface area contributed by atoms with Crippen LogP contribution in [0.3, 0.4) is 0 Å². The van der Waals surface area contributed by atoms with E-state index in [9.17, 15) is 4.79 Å². The van der Waals surface area contributed by atoms with E-state index in [2.05, 4.69) is 14.8 Å². The number of carbonyl (C=O) groups is 1. The van der Waals surface area contributed by atoms with Crippen LogP contribution in [0.5, 0.6) is 0 Å². The summed E-state index contributed by atoms with van der Waals surface area (Å²) in [5.41, 5.74) is 0.125. The summed E-state index contributed by atoms with van der Waals surface area (Å²) in [5.74, 6) is -0.407. The number of hydrogen-bond acceptors (Lipinski definition) is 4. The highest BCUT2D eigenvalue weighted by molar-refractivity contribution is 6.35. The smallest absolute Gasteiger partial charge is 0.337 e. The van der Waals surface area contributed by atoms with E-state index in [0.717, 1.165) is 32.2 Å². The van der Waals surface area contributed by atoms with E-state index in [1.807, 2.05) is 0 Å². The van der Waals surface area contributed by atoms with Crippen molar-refractivity contribution in [3.05, 3.63) is 22.8 Å². The summed E-state index contributed by atoms with van der Waals surface area (Å²) < 4.78 is 0. The molecule has 0 unspecified atom stereocenters. The lowest BCUT2D eigenvalue weighted by Crippen LogP contribution is -2.50. The SMILES string of the molecule is O=C(O)c1ccnc(N2CCN(C3CCCC3)CC2)c1Cl. The molecule has 1 aromatic heterocycles. The highest BCUT2D eigenvalue weighted by Gasteiger charge is 2.27. The summed E-state index contributed by atoms with van der Waals surface area (Å²) in [6, 6.07) is 2.18. The summed E-state index contributed by atoms with van der Waals surface area (Å²) >= 11 is 6.20. The normalized spacial score (nSPS) is 20.9. The van der Waals surface area contributed by atoms with Gasteiger partial charge in [0.15, 0.2) is 0 Å². The van der Waals surface area contributed by atoms with Crippen molar-refractivity contribution in [1.82, 2.24) is 9.88 Å². The first-order valence-electron chi connectivity index (χ1n) is 7.53. The molecule has 1 aliphatic carbocycles. The Morgan fingerprint density at radius 3 is 2.52 bits per heavy atom. The van der Waals surface area contributed by atoms with Gasteiger partial charge >= 0.3 is 5.97 Å². The summed E-state index contributed by atoms with van der Waals surface area (Å²) in [5, 5.41) is 9.38. The molecule has 0 bridgehead atoms. The number of aromatic carboxylic acids is 1. The third-order valence-electron chi connectivity index (χ3n) is 4.56. The van der Waals surface area contributed by atoms with Crippen LogP contribution >= 0.6 is 11.6 Å². The predicted molar refractivity (Wildman–Crippen MR) is 82.2 cm³/mol. The van der Waals surface area contributed by atoms with Gasteiger partial charge in [0.25, 0.3) is 0 Å². The number of piperazine rings is 1. The molecular weight excluding hydrogens is 290 g/mol. The second-order valence-corrected chi connectivity index (χ2v) is 6.14. The van der Waals surface area contributed by atoms with E-state index < -0.39 is 5.97 Å². The molecule has 0 aromatic carbocycles. The first kappa shape index (κ1) is 14.6. The lowest BCUT2D eigenvalue weighted by molar-refractivity contribution is 0.0697. The molecule has 1 aliphatic heterocycles. The Morgan fingerprint density at radius 2 is 1.90 bits per heavy atom. The molecule has 6 heteroatoms. The molecule has 3 rings (SSSR count). The number of rotatable bonds is 3. The zero-order valence-corrected chi connectivity index (χ0v) is 12.7. The summed E-state index contributed by atoms with van der Waals surface area (Å²) in [4.78, 5) is 20.1. The maximum Gasteiger partial charge on any atom is 0.337 e. The van der Waals surface area contributed by atoms with Crippen molar-refractivity contribution in [2.45, 2.75) is 31.7 Å². The monoisotopic (exact) mass is 309 g/mol. The predicted octanol–water partition coefficient (Wildman–Crippen LogP) is 2.50. The number of halogens is 1. The molecule has 0 amide bonds. The van der Waals surface area contributed by atoms with Gasteiger partial charge in [-0.2, -0.15) is 0 Å². The molecule has 21 heavy (non-hydrogen) atoms. The van der Waals surface area contributed by atoms with Crippen LogP contribution in [0.15, 0.2) is 12.3 Å². The first-order valence-corrected chi connectivity index (χ1v) is 7.91. The van der Waals surface area contributed by atoms with Crippen molar-refractivity contribution < 1.29 is 9.90 Å². The fourth-order valence-electron chi connectivity index (χ4n) is 3.39. The standard InChI is InChI=1S/C15H20ClN3O2/c16-13-12(15(20)21)5-6-17-14(13)19-9-7-18(8-10-19)11-3-1-2-4-11/h5-6,11H,1-4,7-10H2,(H,20,21). The second-order valence-electron chi connectivity index (χ2n) is 5.76. The number of nitrogens with zero attached hydrogens (tertiary/aromatic N) is 3. The van der Waals surface area contributed by atoms with Gasteiger partial charge in [-0.05, 0) is 18.9 Å². The van der Waals surface area contributed by atoms with Crippen molar-refractivity contribution in [1.29, 1.82) is 0 Å². The van der Waals surface area contributed by atoms with E-state index in [1.165, 1.54) is 37.9 Å². The molecule has 1 N–H and O–H groups in total. The molecule has 1 saturated heterocycles. The molecule has 2 fully saturated rings. The van der Waals surface area contributed by atoms with Gasteiger partial charge in [-0.25, -0.2) is 9.78 Å². The fraction of sp³-hybridized carbons (Fsp3) is 0.600. The maximum atomic E-state index is 11.1. The Balaban J connectivity index is 1.69. The molecule has 0 atom stereocenters. The highest BCUT2D eigenvalue weighted by atomic mass is 35.5. The Kier molecular flexibility index (Phi) is 4.31. The minimum atomic E-state index is -1.01. The Morgan fingerprint density at radius 1 is 1.24 bits per heavy atom. The molecule has 1 aromatic rings. The largest absolute Gasteiger partial charge is 0.478 e. The molecule has 0 radical (unpaired) electrons. The van der Waals surface area contributed by atoms with Gasteiger partial charge in [-0.1, -0.05) is 24.4 Å². The first-order chi connectivity index (χ1) is 10.2. The molecule has 114 valence electrons. The van der Waals surface area contributed by atoms with Crippen LogP contribution in [0.4, 0.5) is 5.82 Å². The van der Waals surface area contributed by atoms with Crippen LogP contribution in [0.1, 0.15) is 36.0 Å². The highest BCUT2D eigenvalue weighted by Crippen LogP contribution is 2.29. The van der Waals surface area contributed by atoms with Gasteiger partial charge in [0.05, 0.1) is 10.6 Å². The van der Waals surface area contributed by atoms with Crippen LogP contribution in [0.2, 0.25) is 5.02 Å². The average Bonchev–Trinajstić information content (AvgIpc) is 3.02. The lowest BCUT2D eigenvalue weighted by atomic mass is 10.1. The summed E-state index contributed by atoms with van der Waals surface area (Å²) in [6.45, 7) is 3.71. The van der Waals surface area contributed by atoms with Crippen LogP contribution < -0.4 is 4.90 Å². The molecule has 2 heterocycles. The quantitative estimate of drug-likeness (QED) is 0.929. The van der Waals surface area contributed by atoms with Crippen molar-refractivity contribution in [2.24, 2.45) is 0 Å². The molecule has 5 nitrogen and oxygen atoms in total. The topological polar surface area (TPSA) is 56.7 Å². The fourth-order valence-corrected chi connectivity index (χ4v) is 3.70. The van der Waals surface area contributed by atoms with E-state index in [0.29, 0.717) is 5.82 Å². The number of pyridine rings is 1. The number of carboxylic acids is 1. The van der Waals surface area contributed by atoms with Crippen LogP contribution in [0, 0.1) is 0 Å². The van der Waals surface area contributed by atoms with E-state index in [1.54, 1.807) is 0 Å². The van der Waals surface area contributed by atoms with E-state index in [-0.39, 0.29) is 10.6 Å². The van der Waals surface area contributed by atoms with Crippen LogP contribution in [-0.4, -0.2) is 53.2 Å². The van der Waals surface area contributed by atoms with Gasteiger partial charge in [0.2, 0.25) is 0 Å². The lowest BCUT2D eigenvalue weighted by Gasteiger charge is -2.38. The summed E-state index contributed by atoms with van der Waals surface area (Å²) in [6.07, 6.45) is 6.84. The van der Waals surface area contributed by atoms with Crippen molar-refractivity contribution >= 4 is 23.4 Å². The zero-order chi connectivity index (χ0) is 14.8. The zero-order valence-electron chi connectivity index (χ0n) is 12.0. The molecular formula is C15H20ClN3O2. The van der Waals surface area contributed by atoms with Crippen LogP contribution in [-0.2, 0) is 0 Å². The van der Waals surface area contributed by atoms with Gasteiger partial charge < -0.3 is 10.0 Å². The molecule has 0 spiro atoms. The Labute approximate surface area is 129 Å². The molecule has 2 aliphatic rings. The van der Waals surface area contributed by atoms with Crippen molar-refractivity contribution in [3.63, 3.8) is 0 Å². The number of aromatic nitrogens is 1. The number of anilines is 1. The maximum absolute atomic E-state index is 11.1. The number of carboxylic acid groups (broad SMARTS) is 1. The average molecular weight is 310 g/mol.